The van der Waals surface area contributed by atoms with Crippen LogP contribution in [0.1, 0.15) is 81.3 Å². The molecule has 3 aromatic rings. The first-order chi connectivity index (χ1) is 15.4. The Kier molecular flexibility index (Phi) is 5.56. The lowest BCUT2D eigenvalue weighted by atomic mass is 9.58. The van der Waals surface area contributed by atoms with E-state index < -0.39 is 34.0 Å². The summed E-state index contributed by atoms with van der Waals surface area (Å²) in [6.45, 7) is 11.7. The van der Waals surface area contributed by atoms with Crippen LogP contribution in [0.5, 0.6) is 0 Å². The van der Waals surface area contributed by atoms with Crippen LogP contribution in [0, 0.1) is 38.2 Å². The van der Waals surface area contributed by atoms with Crippen molar-refractivity contribution in [3.05, 3.63) is 70.6 Å². The van der Waals surface area contributed by atoms with Gasteiger partial charge in [0.25, 0.3) is 0 Å². The lowest BCUT2D eigenvalue weighted by molar-refractivity contribution is -0.135. The van der Waals surface area contributed by atoms with E-state index in [1.54, 1.807) is 41.5 Å². The van der Waals surface area contributed by atoms with E-state index in [4.69, 9.17) is 6.54 Å². The quantitative estimate of drug-likeness (QED) is 0.381. The SMILES string of the molecule is [2H]O[C@](c1ccc(F)cc1F)(C(C)(C)n1ncnc1C)[C@@](C)(CC)c1nc(C)nc(C)c1F.[HH].[HH].[HH].[HH].[HH].[HH].[HH].[HH].[HH].[HH].[HH].[HH].[HH]. The van der Waals surface area contributed by atoms with Crippen LogP contribution in [-0.4, -0.2) is 31.3 Å². The van der Waals surface area contributed by atoms with Crippen LogP contribution in [0.3, 0.4) is 0 Å². The third-order valence-corrected chi connectivity index (χ3v) is 6.56. The summed E-state index contributed by atoms with van der Waals surface area (Å²) < 4.78 is 54.8. The largest absolute Gasteiger partial charge is 0.382 e. The molecule has 6 nitrogen and oxygen atoms in total. The first-order valence-corrected chi connectivity index (χ1v) is 10.4. The maximum Gasteiger partial charge on any atom is 0.212 e. The van der Waals surface area contributed by atoms with E-state index >= 15 is 8.78 Å². The molecule has 0 aliphatic rings. The summed E-state index contributed by atoms with van der Waals surface area (Å²) in [6.07, 6.45) is 1.52. The standard InChI is InChI=1S/C23H28F3N5O.13H2/c1-8-22(7,20-19(26)13(2)29-14(3)30-20)23(32,17-10-9-16(24)11-18(17)25)21(5,6)31-15(4)27-12-28-31;;;;;;;;;;;;;/h9-12,32H,8H2,1-7H3;13*1H/t22-,23+;;;;;;;;;;;;;/m0............./s1/i32D;;;;;;;;;;;;;. The summed E-state index contributed by atoms with van der Waals surface area (Å²) >= 11 is 0. The second-order valence-corrected chi connectivity index (χ2v) is 8.79. The van der Waals surface area contributed by atoms with Crippen LogP contribution >= 0.6 is 0 Å². The summed E-state index contributed by atoms with van der Waals surface area (Å²) in [5.41, 5.74) is -4.73. The predicted molar refractivity (Wildman–Crippen MR) is 141 cm³/mol. The number of benzene rings is 1. The van der Waals surface area contributed by atoms with Crippen molar-refractivity contribution >= 4 is 0 Å². The number of nitrogens with zero attached hydrogens (tertiary/aromatic N) is 5. The molecule has 0 amide bonds. The van der Waals surface area contributed by atoms with Crippen LogP contribution in [0.15, 0.2) is 24.5 Å². The lowest BCUT2D eigenvalue weighted by Gasteiger charge is -2.53. The van der Waals surface area contributed by atoms with Gasteiger partial charge >= 0.3 is 0 Å². The van der Waals surface area contributed by atoms with E-state index in [1.807, 2.05) is 0 Å². The molecular weight excluding hydrogens is 419 g/mol. The molecule has 0 radical (unpaired) electrons. The minimum Gasteiger partial charge on any atom is -0.382 e. The molecule has 2 aromatic heterocycles. The third-order valence-electron chi connectivity index (χ3n) is 6.56. The van der Waals surface area contributed by atoms with Crippen molar-refractivity contribution in [1.29, 1.82) is 1.43 Å². The number of halogens is 3. The van der Waals surface area contributed by atoms with Crippen LogP contribution in [0.4, 0.5) is 13.2 Å². The normalized spacial score (nSPS) is 16.4. The molecule has 1 aromatic carbocycles. The Labute approximate surface area is 206 Å². The summed E-state index contributed by atoms with van der Waals surface area (Å²) in [7, 11) is 0. The molecule has 2 heterocycles. The number of aromatic nitrogens is 5. The molecule has 0 aliphatic heterocycles. The van der Waals surface area contributed by atoms with Gasteiger partial charge in [0.15, 0.2) is 5.82 Å². The Morgan fingerprint density at radius 2 is 1.81 bits per heavy atom. The lowest BCUT2D eigenvalue weighted by Crippen LogP contribution is -2.62. The van der Waals surface area contributed by atoms with Crippen LogP contribution in [0.25, 0.3) is 0 Å². The first-order valence-electron chi connectivity index (χ1n) is 10.8. The van der Waals surface area contributed by atoms with Crippen molar-refractivity contribution in [2.45, 2.75) is 71.4 Å². The molecule has 198 valence electrons. The van der Waals surface area contributed by atoms with Gasteiger partial charge in [0, 0.05) is 35.6 Å². The van der Waals surface area contributed by atoms with Gasteiger partial charge in [0.2, 0.25) is 1.43 Å². The van der Waals surface area contributed by atoms with Crippen molar-refractivity contribution in [2.75, 3.05) is 0 Å². The van der Waals surface area contributed by atoms with Gasteiger partial charge in [-0.2, -0.15) is 5.10 Å². The highest BCUT2D eigenvalue weighted by Gasteiger charge is 2.61. The molecule has 1 N–H and O–H groups in total. The van der Waals surface area contributed by atoms with Crippen LogP contribution in [-0.2, 0) is 16.6 Å². The molecule has 0 aliphatic carbocycles. The zero-order valence-electron chi connectivity index (χ0n) is 20.3. The van der Waals surface area contributed by atoms with E-state index in [0.717, 1.165) is 12.1 Å². The highest BCUT2D eigenvalue weighted by Crippen LogP contribution is 2.54. The van der Waals surface area contributed by atoms with E-state index in [2.05, 4.69) is 20.1 Å². The summed E-state index contributed by atoms with van der Waals surface area (Å²) in [5.74, 6) is -1.62. The van der Waals surface area contributed by atoms with Crippen molar-refractivity contribution in [3.63, 3.8) is 0 Å². The summed E-state index contributed by atoms with van der Waals surface area (Å²) in [5, 5.41) is 9.80. The molecule has 0 spiro atoms. The van der Waals surface area contributed by atoms with E-state index in [0.29, 0.717) is 11.6 Å². The van der Waals surface area contributed by atoms with E-state index in [-0.39, 0.29) is 41.9 Å². The second-order valence-electron chi connectivity index (χ2n) is 8.79. The molecule has 32 heavy (non-hydrogen) atoms. The Morgan fingerprint density at radius 3 is 2.34 bits per heavy atom. The fourth-order valence-corrected chi connectivity index (χ4v) is 4.72. The maximum atomic E-state index is 15.6. The zero-order chi connectivity index (χ0) is 24.8. The average molecular weight is 475 g/mol. The highest BCUT2D eigenvalue weighted by molar-refractivity contribution is 5.38. The van der Waals surface area contributed by atoms with E-state index in [9.17, 15) is 4.39 Å². The summed E-state index contributed by atoms with van der Waals surface area (Å²) in [4.78, 5) is 12.7. The molecular formula is C23H54F3N5O. The average Bonchev–Trinajstić information content (AvgIpc) is 3.19. The highest BCUT2D eigenvalue weighted by atomic mass is 19.1. The molecule has 0 fully saturated rings. The maximum absolute atomic E-state index is 15.6. The second kappa shape index (κ2) is 7.95. The third kappa shape index (κ3) is 3.30. The van der Waals surface area contributed by atoms with Crippen molar-refractivity contribution in [3.8, 4) is 0 Å². The van der Waals surface area contributed by atoms with Gasteiger partial charge in [0.05, 0.1) is 16.9 Å². The van der Waals surface area contributed by atoms with Gasteiger partial charge in [0.1, 0.15) is 35.2 Å². The Bertz CT molecular complexity index is 1220. The number of aliphatic hydroxyl groups is 1. The van der Waals surface area contributed by atoms with Gasteiger partial charge in [-0.25, -0.2) is 32.8 Å². The molecule has 3 rings (SSSR count). The minimum atomic E-state index is -1.93. The number of hydrogen-bond donors (Lipinski definition) is 1. The fraction of sp³-hybridized carbons (Fsp3) is 0.478. The molecule has 2 atom stereocenters. The Balaban J connectivity index is -0.000000105. The Morgan fingerprint density at radius 1 is 1.12 bits per heavy atom. The van der Waals surface area contributed by atoms with Gasteiger partial charge in [-0.1, -0.05) is 19.9 Å². The van der Waals surface area contributed by atoms with Crippen LogP contribution < -0.4 is 0 Å². The molecule has 9 heteroatoms. The van der Waals surface area contributed by atoms with Gasteiger partial charge in [-0.15, -0.1) is 0 Å². The molecule has 0 bridgehead atoms. The van der Waals surface area contributed by atoms with Crippen LogP contribution in [0.2, 0.25) is 0 Å². The van der Waals surface area contributed by atoms with E-state index in [1.165, 1.54) is 24.0 Å². The van der Waals surface area contributed by atoms with Crippen molar-refractivity contribution in [1.82, 2.24) is 24.7 Å². The fourth-order valence-electron chi connectivity index (χ4n) is 4.72. The number of aryl methyl sites for hydroxylation is 3. The number of rotatable bonds is 7. The van der Waals surface area contributed by atoms with Crippen molar-refractivity contribution in [2.24, 2.45) is 0 Å². The first kappa shape index (κ1) is 22.4. The predicted octanol–water partition coefficient (Wildman–Crippen LogP) is 7.60. The van der Waals surface area contributed by atoms with Crippen molar-refractivity contribution < 1.29 is 36.8 Å². The number of hydrogen-bond acceptors (Lipinski definition) is 5. The summed E-state index contributed by atoms with van der Waals surface area (Å²) in [6, 6.07) is 3.02. The minimum absolute atomic E-state index is 0. The van der Waals surface area contributed by atoms with Gasteiger partial charge < -0.3 is 5.11 Å². The zero-order valence-corrected chi connectivity index (χ0v) is 19.3. The monoisotopic (exact) mass is 474 g/mol. The smallest absolute Gasteiger partial charge is 0.212 e. The molecule has 0 saturated carbocycles. The molecule has 0 unspecified atom stereocenters. The molecule has 0 saturated heterocycles. The topological polar surface area (TPSA) is 76.7 Å². The Hall–Kier alpha value is -2.81. The van der Waals surface area contributed by atoms with Gasteiger partial charge in [-0.3, -0.25) is 0 Å². The van der Waals surface area contributed by atoms with Gasteiger partial charge in [-0.05, 0) is 47.1 Å².